The Labute approximate surface area is 123 Å². The van der Waals surface area contributed by atoms with Crippen LogP contribution < -0.4 is 10.5 Å². The number of hydrogen-bond donors (Lipinski definition) is 1. The number of nitrogens with two attached hydrogens (primary N) is 1. The zero-order chi connectivity index (χ0) is 14.3. The smallest absolute Gasteiger partial charge is 0.222 e. The van der Waals surface area contributed by atoms with Gasteiger partial charge < -0.3 is 15.4 Å². The van der Waals surface area contributed by atoms with E-state index in [2.05, 4.69) is 15.9 Å². The van der Waals surface area contributed by atoms with Crippen LogP contribution in [0.3, 0.4) is 0 Å². The molecule has 0 heterocycles. The Kier molecular flexibility index (Phi) is 6.87. The van der Waals surface area contributed by atoms with Gasteiger partial charge in [-0.2, -0.15) is 0 Å². The third-order valence-electron chi connectivity index (χ3n) is 2.73. The van der Waals surface area contributed by atoms with Crippen LogP contribution in [0.4, 0.5) is 0 Å². The molecule has 0 bridgehead atoms. The maximum Gasteiger partial charge on any atom is 0.222 e. The van der Waals surface area contributed by atoms with Gasteiger partial charge in [-0.1, -0.05) is 15.9 Å². The first kappa shape index (κ1) is 16.0. The molecule has 0 saturated carbocycles. The second-order valence-electron chi connectivity index (χ2n) is 4.53. The number of rotatable bonds is 7. The summed E-state index contributed by atoms with van der Waals surface area (Å²) in [6.45, 7) is 1.16. The van der Waals surface area contributed by atoms with Gasteiger partial charge in [-0.3, -0.25) is 4.79 Å². The van der Waals surface area contributed by atoms with Crippen LogP contribution in [0.25, 0.3) is 0 Å². The molecular formula is C14H21BrN2O2. The van der Waals surface area contributed by atoms with E-state index >= 15 is 0 Å². The molecule has 0 aliphatic carbocycles. The first-order valence-corrected chi connectivity index (χ1v) is 7.15. The fraction of sp³-hybridized carbons (Fsp3) is 0.500. The van der Waals surface area contributed by atoms with Gasteiger partial charge in [0, 0.05) is 25.0 Å². The maximum atomic E-state index is 11.4. The predicted octanol–water partition coefficient (Wildman–Crippen LogP) is 2.20. The molecule has 2 N–H and O–H groups in total. The quantitative estimate of drug-likeness (QED) is 0.780. The molecule has 0 aliphatic heterocycles. The highest BCUT2D eigenvalue weighted by Crippen LogP contribution is 2.23. The van der Waals surface area contributed by atoms with Crippen molar-refractivity contribution >= 4 is 21.8 Å². The molecule has 19 heavy (non-hydrogen) atoms. The molecule has 0 unspecified atom stereocenters. The lowest BCUT2D eigenvalue weighted by Crippen LogP contribution is -2.21. The summed E-state index contributed by atoms with van der Waals surface area (Å²) in [5.41, 5.74) is 6.70. The van der Waals surface area contributed by atoms with Crippen LogP contribution in [0.15, 0.2) is 22.7 Å². The van der Waals surface area contributed by atoms with Crippen molar-refractivity contribution in [3.05, 3.63) is 28.2 Å². The van der Waals surface area contributed by atoms with Crippen molar-refractivity contribution in [3.8, 4) is 5.75 Å². The predicted molar refractivity (Wildman–Crippen MR) is 80.3 cm³/mol. The Balaban J connectivity index is 2.41. The summed E-state index contributed by atoms with van der Waals surface area (Å²) in [5.74, 6) is 0.951. The number of carbonyl (C=O) groups is 1. The molecule has 0 fully saturated rings. The molecule has 106 valence electrons. The summed E-state index contributed by atoms with van der Waals surface area (Å²) in [4.78, 5) is 13.0. The molecule has 0 aromatic heterocycles. The van der Waals surface area contributed by atoms with E-state index in [1.807, 2.05) is 18.2 Å². The van der Waals surface area contributed by atoms with Crippen LogP contribution >= 0.6 is 15.9 Å². The Hall–Kier alpha value is -1.07. The molecule has 0 radical (unpaired) electrons. The van der Waals surface area contributed by atoms with Gasteiger partial charge in [-0.25, -0.2) is 0 Å². The van der Waals surface area contributed by atoms with E-state index < -0.39 is 0 Å². The zero-order valence-corrected chi connectivity index (χ0v) is 13.1. The van der Waals surface area contributed by atoms with E-state index in [9.17, 15) is 4.79 Å². The summed E-state index contributed by atoms with van der Waals surface area (Å²) in [6.07, 6.45) is 2.05. The number of benzene rings is 1. The van der Waals surface area contributed by atoms with Crippen LogP contribution in [0.2, 0.25) is 0 Å². The standard InChI is InChI=1S/C14H21BrN2O2/c1-17(2)14(18)4-3-9-19-12-5-6-13(15)11(10-12)7-8-16/h5-6,10H,3-4,7-9,16H2,1-2H3. The SMILES string of the molecule is CN(C)C(=O)CCCOc1ccc(Br)c(CCN)c1. The van der Waals surface area contributed by atoms with Crippen molar-refractivity contribution in [2.24, 2.45) is 5.73 Å². The van der Waals surface area contributed by atoms with Gasteiger partial charge in [0.25, 0.3) is 0 Å². The highest BCUT2D eigenvalue weighted by molar-refractivity contribution is 9.10. The van der Waals surface area contributed by atoms with Gasteiger partial charge in [-0.05, 0) is 43.1 Å². The van der Waals surface area contributed by atoms with Crippen LogP contribution in [0, 0.1) is 0 Å². The van der Waals surface area contributed by atoms with E-state index in [1.54, 1.807) is 19.0 Å². The van der Waals surface area contributed by atoms with Gasteiger partial charge in [0.15, 0.2) is 0 Å². The molecule has 0 aliphatic rings. The van der Waals surface area contributed by atoms with Crippen LogP contribution in [-0.4, -0.2) is 38.1 Å². The number of hydrogen-bond acceptors (Lipinski definition) is 3. The third-order valence-corrected chi connectivity index (χ3v) is 3.51. The highest BCUT2D eigenvalue weighted by Gasteiger charge is 2.05. The fourth-order valence-electron chi connectivity index (χ4n) is 1.62. The number of nitrogens with zero attached hydrogens (tertiary/aromatic N) is 1. The number of amides is 1. The molecule has 1 aromatic rings. The molecule has 1 rings (SSSR count). The monoisotopic (exact) mass is 328 g/mol. The average molecular weight is 329 g/mol. The van der Waals surface area contributed by atoms with Crippen molar-refractivity contribution in [2.75, 3.05) is 27.2 Å². The first-order chi connectivity index (χ1) is 9.04. The zero-order valence-electron chi connectivity index (χ0n) is 11.5. The van der Waals surface area contributed by atoms with Crippen molar-refractivity contribution in [3.63, 3.8) is 0 Å². The minimum atomic E-state index is 0.128. The molecule has 4 nitrogen and oxygen atoms in total. The Morgan fingerprint density at radius 1 is 1.42 bits per heavy atom. The van der Waals surface area contributed by atoms with E-state index in [1.165, 1.54) is 0 Å². The molecule has 0 atom stereocenters. The van der Waals surface area contributed by atoms with Crippen molar-refractivity contribution in [1.82, 2.24) is 4.90 Å². The largest absolute Gasteiger partial charge is 0.494 e. The summed E-state index contributed by atoms with van der Waals surface area (Å²) in [5, 5.41) is 0. The van der Waals surface area contributed by atoms with Gasteiger partial charge in [0.2, 0.25) is 5.91 Å². The average Bonchev–Trinajstić information content (AvgIpc) is 2.38. The molecule has 1 amide bonds. The van der Waals surface area contributed by atoms with Gasteiger partial charge in [0.05, 0.1) is 6.61 Å². The van der Waals surface area contributed by atoms with Gasteiger partial charge >= 0.3 is 0 Å². The molecule has 0 spiro atoms. The lowest BCUT2D eigenvalue weighted by Gasteiger charge is -2.11. The van der Waals surface area contributed by atoms with Crippen molar-refractivity contribution < 1.29 is 9.53 Å². The maximum absolute atomic E-state index is 11.4. The summed E-state index contributed by atoms with van der Waals surface area (Å²) in [7, 11) is 3.52. The lowest BCUT2D eigenvalue weighted by atomic mass is 10.1. The van der Waals surface area contributed by atoms with Gasteiger partial charge in [0.1, 0.15) is 5.75 Å². The summed E-state index contributed by atoms with van der Waals surface area (Å²) in [6, 6.07) is 5.87. The molecular weight excluding hydrogens is 308 g/mol. The Morgan fingerprint density at radius 2 is 2.16 bits per heavy atom. The van der Waals surface area contributed by atoms with E-state index in [0.717, 1.165) is 28.6 Å². The third kappa shape index (κ3) is 5.61. The highest BCUT2D eigenvalue weighted by atomic mass is 79.9. The lowest BCUT2D eigenvalue weighted by molar-refractivity contribution is -0.128. The normalized spacial score (nSPS) is 10.3. The Morgan fingerprint density at radius 3 is 2.79 bits per heavy atom. The topological polar surface area (TPSA) is 55.6 Å². The minimum absolute atomic E-state index is 0.128. The molecule has 0 saturated heterocycles. The van der Waals surface area contributed by atoms with E-state index in [0.29, 0.717) is 19.6 Å². The van der Waals surface area contributed by atoms with Crippen LogP contribution in [0.5, 0.6) is 5.75 Å². The van der Waals surface area contributed by atoms with Crippen molar-refractivity contribution in [1.29, 1.82) is 0 Å². The summed E-state index contributed by atoms with van der Waals surface area (Å²) < 4.78 is 6.69. The van der Waals surface area contributed by atoms with Crippen LogP contribution in [0.1, 0.15) is 18.4 Å². The summed E-state index contributed by atoms with van der Waals surface area (Å²) >= 11 is 3.49. The second-order valence-corrected chi connectivity index (χ2v) is 5.39. The van der Waals surface area contributed by atoms with Crippen molar-refractivity contribution in [2.45, 2.75) is 19.3 Å². The van der Waals surface area contributed by atoms with E-state index in [4.69, 9.17) is 10.5 Å². The second kappa shape index (κ2) is 8.17. The van der Waals surface area contributed by atoms with Gasteiger partial charge in [-0.15, -0.1) is 0 Å². The number of ether oxygens (including phenoxy) is 1. The minimum Gasteiger partial charge on any atom is -0.494 e. The first-order valence-electron chi connectivity index (χ1n) is 6.36. The fourth-order valence-corrected chi connectivity index (χ4v) is 2.07. The van der Waals surface area contributed by atoms with E-state index in [-0.39, 0.29) is 5.91 Å². The number of halogens is 1. The molecule has 1 aromatic carbocycles. The number of carbonyl (C=O) groups excluding carboxylic acids is 1. The Bertz CT molecular complexity index is 422. The van der Waals surface area contributed by atoms with Crippen LogP contribution in [-0.2, 0) is 11.2 Å². The molecule has 5 heteroatoms.